The van der Waals surface area contributed by atoms with Gasteiger partial charge in [0.1, 0.15) is 5.69 Å². The first-order chi connectivity index (χ1) is 10.3. The number of nitrogens with zero attached hydrogens (tertiary/aromatic N) is 1. The quantitative estimate of drug-likeness (QED) is 0.643. The molecule has 0 radical (unpaired) electrons. The molecule has 4 nitrogen and oxygen atoms in total. The Morgan fingerprint density at radius 3 is 2.86 bits per heavy atom. The molecule has 1 aliphatic rings. The van der Waals surface area contributed by atoms with E-state index in [1.165, 1.54) is 32.1 Å². The molecule has 0 aliphatic heterocycles. The summed E-state index contributed by atoms with van der Waals surface area (Å²) in [5, 5.41) is 2.93. The molecule has 2 rings (SSSR count). The maximum absolute atomic E-state index is 11.9. The third kappa shape index (κ3) is 5.20. The molecule has 0 atom stereocenters. The topological polar surface area (TPSA) is 68.0 Å². The SMILES string of the molecule is NCC#Cc1ccc(C(=O)NCCCC2CCCC2)nc1. The lowest BCUT2D eigenvalue weighted by Crippen LogP contribution is -2.25. The highest BCUT2D eigenvalue weighted by molar-refractivity contribution is 5.92. The summed E-state index contributed by atoms with van der Waals surface area (Å²) < 4.78 is 0. The van der Waals surface area contributed by atoms with Crippen LogP contribution in [-0.4, -0.2) is 24.0 Å². The first-order valence-corrected chi connectivity index (χ1v) is 7.73. The van der Waals surface area contributed by atoms with Crippen molar-refractivity contribution in [3.8, 4) is 11.8 Å². The highest BCUT2D eigenvalue weighted by Gasteiger charge is 2.14. The molecular weight excluding hydrogens is 262 g/mol. The number of rotatable bonds is 5. The fraction of sp³-hybridized carbons (Fsp3) is 0.529. The highest BCUT2D eigenvalue weighted by Crippen LogP contribution is 2.28. The van der Waals surface area contributed by atoms with Gasteiger partial charge in [-0.3, -0.25) is 4.79 Å². The van der Waals surface area contributed by atoms with Gasteiger partial charge in [0, 0.05) is 18.3 Å². The zero-order valence-corrected chi connectivity index (χ0v) is 12.4. The largest absolute Gasteiger partial charge is 0.351 e. The number of aromatic nitrogens is 1. The van der Waals surface area contributed by atoms with Crippen molar-refractivity contribution in [1.82, 2.24) is 10.3 Å². The number of hydrogen-bond donors (Lipinski definition) is 2. The van der Waals surface area contributed by atoms with Crippen LogP contribution >= 0.6 is 0 Å². The molecule has 1 saturated carbocycles. The number of carbonyl (C=O) groups is 1. The molecule has 1 aliphatic carbocycles. The zero-order chi connectivity index (χ0) is 14.9. The second kappa shape index (κ2) is 8.43. The summed E-state index contributed by atoms with van der Waals surface area (Å²) in [6, 6.07) is 3.50. The highest BCUT2D eigenvalue weighted by atomic mass is 16.1. The molecule has 1 heterocycles. The third-order valence-electron chi connectivity index (χ3n) is 3.88. The van der Waals surface area contributed by atoms with Crippen molar-refractivity contribution < 1.29 is 4.79 Å². The molecule has 21 heavy (non-hydrogen) atoms. The van der Waals surface area contributed by atoms with Crippen LogP contribution in [-0.2, 0) is 0 Å². The minimum Gasteiger partial charge on any atom is -0.351 e. The number of nitrogens with two attached hydrogens (primary N) is 1. The molecule has 1 amide bonds. The summed E-state index contributed by atoms with van der Waals surface area (Å²) in [4.78, 5) is 16.1. The van der Waals surface area contributed by atoms with Gasteiger partial charge in [-0.2, -0.15) is 0 Å². The Labute approximate surface area is 126 Å². The van der Waals surface area contributed by atoms with E-state index in [4.69, 9.17) is 5.73 Å². The Hall–Kier alpha value is -1.86. The Balaban J connectivity index is 1.72. The van der Waals surface area contributed by atoms with E-state index in [-0.39, 0.29) is 5.91 Å². The molecule has 1 aromatic heterocycles. The average molecular weight is 285 g/mol. The van der Waals surface area contributed by atoms with Crippen LogP contribution in [0.3, 0.4) is 0 Å². The summed E-state index contributed by atoms with van der Waals surface area (Å²) in [5.74, 6) is 6.41. The zero-order valence-electron chi connectivity index (χ0n) is 12.4. The molecule has 0 unspecified atom stereocenters. The first kappa shape index (κ1) is 15.5. The Kier molecular flexibility index (Phi) is 6.23. The number of hydrogen-bond acceptors (Lipinski definition) is 3. The van der Waals surface area contributed by atoms with Crippen LogP contribution in [0.1, 0.15) is 54.6 Å². The van der Waals surface area contributed by atoms with E-state index in [1.54, 1.807) is 18.3 Å². The molecule has 0 bridgehead atoms. The second-order valence-electron chi connectivity index (χ2n) is 5.49. The lowest BCUT2D eigenvalue weighted by molar-refractivity contribution is 0.0947. The van der Waals surface area contributed by atoms with Crippen LogP contribution in [0.4, 0.5) is 0 Å². The van der Waals surface area contributed by atoms with Gasteiger partial charge in [-0.05, 0) is 30.9 Å². The van der Waals surface area contributed by atoms with E-state index in [0.29, 0.717) is 12.2 Å². The van der Waals surface area contributed by atoms with Crippen molar-refractivity contribution in [2.45, 2.75) is 38.5 Å². The lowest BCUT2D eigenvalue weighted by Gasteiger charge is -2.09. The van der Waals surface area contributed by atoms with Gasteiger partial charge in [-0.25, -0.2) is 4.98 Å². The smallest absolute Gasteiger partial charge is 0.269 e. The molecule has 1 aromatic rings. The Morgan fingerprint density at radius 1 is 1.38 bits per heavy atom. The van der Waals surface area contributed by atoms with Gasteiger partial charge in [-0.15, -0.1) is 0 Å². The van der Waals surface area contributed by atoms with Crippen molar-refractivity contribution in [2.24, 2.45) is 11.7 Å². The minimum atomic E-state index is -0.111. The maximum Gasteiger partial charge on any atom is 0.269 e. The molecule has 4 heteroatoms. The third-order valence-corrected chi connectivity index (χ3v) is 3.88. The standard InChI is InChI=1S/C17H23N3O/c18-11-3-7-15-9-10-16(20-13-15)17(21)19-12-4-8-14-5-1-2-6-14/h9-10,13-14H,1-2,4-6,8,11-12,18H2,(H,19,21). The number of carbonyl (C=O) groups excluding carboxylic acids is 1. The number of pyridine rings is 1. The van der Waals surface area contributed by atoms with Crippen molar-refractivity contribution in [2.75, 3.05) is 13.1 Å². The van der Waals surface area contributed by atoms with E-state index in [0.717, 1.165) is 24.4 Å². The summed E-state index contributed by atoms with van der Waals surface area (Å²) in [7, 11) is 0. The summed E-state index contributed by atoms with van der Waals surface area (Å²) in [6.45, 7) is 1.05. The lowest BCUT2D eigenvalue weighted by atomic mass is 10.0. The Morgan fingerprint density at radius 2 is 2.19 bits per heavy atom. The van der Waals surface area contributed by atoms with E-state index < -0.39 is 0 Å². The van der Waals surface area contributed by atoms with Crippen molar-refractivity contribution in [1.29, 1.82) is 0 Å². The predicted octanol–water partition coefficient (Wildman–Crippen LogP) is 2.09. The van der Waals surface area contributed by atoms with Gasteiger partial charge >= 0.3 is 0 Å². The van der Waals surface area contributed by atoms with E-state index in [9.17, 15) is 4.79 Å². The van der Waals surface area contributed by atoms with E-state index in [1.807, 2.05) is 0 Å². The number of amides is 1. The maximum atomic E-state index is 11.9. The van der Waals surface area contributed by atoms with Crippen LogP contribution in [0.25, 0.3) is 0 Å². The fourth-order valence-corrected chi connectivity index (χ4v) is 2.74. The molecule has 0 saturated heterocycles. The summed E-state index contributed by atoms with van der Waals surface area (Å²) in [5.41, 5.74) is 6.52. The summed E-state index contributed by atoms with van der Waals surface area (Å²) in [6.07, 6.45) is 9.36. The molecule has 3 N–H and O–H groups in total. The molecule has 0 aromatic carbocycles. The van der Waals surface area contributed by atoms with Gasteiger partial charge in [0.05, 0.1) is 6.54 Å². The van der Waals surface area contributed by atoms with Crippen LogP contribution in [0.15, 0.2) is 18.3 Å². The van der Waals surface area contributed by atoms with E-state index in [2.05, 4.69) is 22.1 Å². The predicted molar refractivity (Wildman–Crippen MR) is 83.7 cm³/mol. The van der Waals surface area contributed by atoms with Crippen LogP contribution in [0.5, 0.6) is 0 Å². The fourth-order valence-electron chi connectivity index (χ4n) is 2.74. The molecule has 112 valence electrons. The van der Waals surface area contributed by atoms with Crippen molar-refractivity contribution >= 4 is 5.91 Å². The van der Waals surface area contributed by atoms with Crippen LogP contribution in [0.2, 0.25) is 0 Å². The second-order valence-corrected chi connectivity index (χ2v) is 5.49. The normalized spacial score (nSPS) is 14.5. The first-order valence-electron chi connectivity index (χ1n) is 7.73. The minimum absolute atomic E-state index is 0.111. The molecule has 0 spiro atoms. The van der Waals surface area contributed by atoms with Gasteiger partial charge in [0.2, 0.25) is 0 Å². The van der Waals surface area contributed by atoms with Gasteiger partial charge < -0.3 is 11.1 Å². The van der Waals surface area contributed by atoms with Gasteiger partial charge in [-0.1, -0.05) is 37.5 Å². The van der Waals surface area contributed by atoms with Gasteiger partial charge in [0.15, 0.2) is 0 Å². The van der Waals surface area contributed by atoms with Crippen molar-refractivity contribution in [3.63, 3.8) is 0 Å². The average Bonchev–Trinajstić information content (AvgIpc) is 3.03. The number of nitrogens with one attached hydrogen (secondary N) is 1. The van der Waals surface area contributed by atoms with Gasteiger partial charge in [0.25, 0.3) is 5.91 Å². The molecule has 1 fully saturated rings. The van der Waals surface area contributed by atoms with Crippen LogP contribution in [0, 0.1) is 17.8 Å². The molecular formula is C17H23N3O. The monoisotopic (exact) mass is 285 g/mol. The van der Waals surface area contributed by atoms with E-state index >= 15 is 0 Å². The van der Waals surface area contributed by atoms with Crippen LogP contribution < -0.4 is 11.1 Å². The summed E-state index contributed by atoms with van der Waals surface area (Å²) >= 11 is 0. The Bertz CT molecular complexity index is 507. The van der Waals surface area contributed by atoms with Crippen molar-refractivity contribution in [3.05, 3.63) is 29.6 Å².